The van der Waals surface area contributed by atoms with Crippen LogP contribution in [0.25, 0.3) is 10.8 Å². The number of methoxy groups -OCH3 is 2. The number of ketones is 1. The Hall–Kier alpha value is -3.14. The first-order chi connectivity index (χ1) is 17.1. The molecule has 0 aliphatic carbocycles. The van der Waals surface area contributed by atoms with Gasteiger partial charge in [-0.2, -0.15) is 0 Å². The second kappa shape index (κ2) is 11.7. The Labute approximate surface area is 216 Å². The van der Waals surface area contributed by atoms with Crippen LogP contribution >= 0.6 is 0 Å². The Kier molecular flexibility index (Phi) is 8.94. The highest BCUT2D eigenvalue weighted by molar-refractivity contribution is 5.87. The number of carbonyl (C=O) groups is 1. The van der Waals surface area contributed by atoms with E-state index in [9.17, 15) is 4.79 Å². The van der Waals surface area contributed by atoms with Gasteiger partial charge in [0.2, 0.25) is 0 Å². The zero-order valence-electron chi connectivity index (χ0n) is 23.2. The summed E-state index contributed by atoms with van der Waals surface area (Å²) in [4.78, 5) is 17.7. The van der Waals surface area contributed by atoms with Gasteiger partial charge < -0.3 is 9.47 Å². The normalized spacial score (nSPS) is 13.1. The van der Waals surface area contributed by atoms with Crippen molar-refractivity contribution in [2.75, 3.05) is 14.2 Å². The molecule has 1 heterocycles. The van der Waals surface area contributed by atoms with Crippen LogP contribution in [0.4, 0.5) is 0 Å². The molecule has 0 radical (unpaired) electrons. The van der Waals surface area contributed by atoms with E-state index in [1.807, 2.05) is 6.20 Å². The summed E-state index contributed by atoms with van der Waals surface area (Å²) in [5, 5.41) is 2.29. The summed E-state index contributed by atoms with van der Waals surface area (Å²) >= 11 is 0. The minimum atomic E-state index is -0.0747. The molecule has 0 aliphatic heterocycles. The standard InChI is InChI=1S/C32H41NO3/c1-9-23-17-26-13-14-33-29(28(26)20-30(23)35-7)19-25-12-10-11-24(22(25)3)18-27(34)15-21(2)16-31(36-8)32(4,5)6/h10-14,16-17,20-21H,9,15,18-19H2,1-8H3/b31-16-. The molecule has 4 heteroatoms. The first-order valence-electron chi connectivity index (χ1n) is 12.9. The topological polar surface area (TPSA) is 48.4 Å². The van der Waals surface area contributed by atoms with Crippen LogP contribution in [0, 0.1) is 18.3 Å². The van der Waals surface area contributed by atoms with Gasteiger partial charge in [-0.05, 0) is 71.2 Å². The van der Waals surface area contributed by atoms with Crippen LogP contribution in [0.3, 0.4) is 0 Å². The molecule has 36 heavy (non-hydrogen) atoms. The summed E-state index contributed by atoms with van der Waals surface area (Å²) < 4.78 is 11.2. The summed E-state index contributed by atoms with van der Waals surface area (Å²) in [5.74, 6) is 2.19. The number of ether oxygens (including phenoxy) is 2. The van der Waals surface area contributed by atoms with E-state index >= 15 is 0 Å². The van der Waals surface area contributed by atoms with E-state index in [0.717, 1.165) is 40.1 Å². The van der Waals surface area contributed by atoms with E-state index in [4.69, 9.17) is 14.5 Å². The Balaban J connectivity index is 1.81. The maximum absolute atomic E-state index is 13.0. The lowest BCUT2D eigenvalue weighted by molar-refractivity contribution is -0.118. The molecular weight excluding hydrogens is 446 g/mol. The van der Waals surface area contributed by atoms with Crippen molar-refractivity contribution in [1.82, 2.24) is 4.98 Å². The molecule has 1 unspecified atom stereocenters. The number of hydrogen-bond donors (Lipinski definition) is 0. The molecule has 2 aromatic carbocycles. The fourth-order valence-corrected chi connectivity index (χ4v) is 4.80. The number of hydrogen-bond acceptors (Lipinski definition) is 4. The summed E-state index contributed by atoms with van der Waals surface area (Å²) in [7, 11) is 3.42. The average molecular weight is 488 g/mol. The van der Waals surface area contributed by atoms with Crippen LogP contribution < -0.4 is 4.74 Å². The number of pyridine rings is 1. The average Bonchev–Trinajstić information content (AvgIpc) is 2.83. The molecule has 0 saturated carbocycles. The van der Waals surface area contributed by atoms with Crippen LogP contribution in [0.1, 0.15) is 69.0 Å². The predicted octanol–water partition coefficient (Wildman–Crippen LogP) is 7.42. The monoisotopic (exact) mass is 487 g/mol. The lowest BCUT2D eigenvalue weighted by atomic mass is 9.89. The van der Waals surface area contributed by atoms with Gasteiger partial charge in [0.15, 0.2) is 0 Å². The summed E-state index contributed by atoms with van der Waals surface area (Å²) in [5.41, 5.74) is 5.59. The zero-order chi connectivity index (χ0) is 26.5. The smallest absolute Gasteiger partial charge is 0.137 e. The number of aromatic nitrogens is 1. The third-order valence-electron chi connectivity index (χ3n) is 6.88. The van der Waals surface area contributed by atoms with Gasteiger partial charge in [0, 0.05) is 36.3 Å². The van der Waals surface area contributed by atoms with Crippen LogP contribution in [-0.4, -0.2) is 25.0 Å². The molecule has 192 valence electrons. The third kappa shape index (κ3) is 6.54. The number of allylic oxidation sites excluding steroid dienone is 2. The number of benzene rings is 2. The van der Waals surface area contributed by atoms with Crippen molar-refractivity contribution in [2.45, 2.75) is 67.2 Å². The Morgan fingerprint density at radius 2 is 1.81 bits per heavy atom. The molecule has 0 fully saturated rings. The third-order valence-corrected chi connectivity index (χ3v) is 6.88. The van der Waals surface area contributed by atoms with Crippen LogP contribution in [-0.2, 0) is 28.8 Å². The van der Waals surface area contributed by atoms with E-state index < -0.39 is 0 Å². The molecule has 3 aromatic rings. The van der Waals surface area contributed by atoms with Gasteiger partial charge >= 0.3 is 0 Å². The van der Waals surface area contributed by atoms with Gasteiger partial charge in [-0.15, -0.1) is 0 Å². The molecular formula is C32H41NO3. The summed E-state index contributed by atoms with van der Waals surface area (Å²) in [6, 6.07) is 12.6. The number of rotatable bonds is 10. The SMILES string of the molecule is CCc1cc2ccnc(Cc3cccc(CC(=O)CC(C)/C=C(\OC)C(C)(C)C)c3C)c2cc1OC. The number of aryl methyl sites for hydroxylation is 1. The molecule has 0 N–H and O–H groups in total. The van der Waals surface area contributed by atoms with E-state index in [1.54, 1.807) is 14.2 Å². The number of Topliss-reactive ketones (excluding diaryl/α,β-unsaturated/α-hetero) is 1. The van der Waals surface area contributed by atoms with Crippen LogP contribution in [0.5, 0.6) is 5.75 Å². The maximum Gasteiger partial charge on any atom is 0.137 e. The highest BCUT2D eigenvalue weighted by Crippen LogP contribution is 2.30. The Morgan fingerprint density at radius 1 is 1.08 bits per heavy atom. The van der Waals surface area contributed by atoms with Crippen molar-refractivity contribution < 1.29 is 14.3 Å². The number of nitrogens with zero attached hydrogens (tertiary/aromatic N) is 1. The van der Waals surface area contributed by atoms with Crippen LogP contribution in [0.2, 0.25) is 0 Å². The van der Waals surface area contributed by atoms with E-state index in [0.29, 0.717) is 19.3 Å². The van der Waals surface area contributed by atoms with Gasteiger partial charge in [-0.1, -0.05) is 52.8 Å². The van der Waals surface area contributed by atoms with E-state index in [1.165, 1.54) is 16.5 Å². The van der Waals surface area contributed by atoms with Crippen molar-refractivity contribution in [3.8, 4) is 5.75 Å². The molecule has 0 amide bonds. The molecule has 0 spiro atoms. The van der Waals surface area contributed by atoms with Crippen molar-refractivity contribution in [2.24, 2.45) is 11.3 Å². The van der Waals surface area contributed by atoms with Gasteiger partial charge in [0.05, 0.1) is 25.7 Å². The zero-order valence-corrected chi connectivity index (χ0v) is 23.2. The quantitative estimate of drug-likeness (QED) is 0.279. The van der Waals surface area contributed by atoms with Crippen molar-refractivity contribution in [3.05, 3.63) is 82.4 Å². The van der Waals surface area contributed by atoms with Gasteiger partial charge in [-0.3, -0.25) is 9.78 Å². The molecule has 0 bridgehead atoms. The van der Waals surface area contributed by atoms with Gasteiger partial charge in [-0.25, -0.2) is 0 Å². The number of fused-ring (bicyclic) bond motifs is 1. The second-order valence-electron chi connectivity index (χ2n) is 10.8. The molecule has 4 nitrogen and oxygen atoms in total. The van der Waals surface area contributed by atoms with E-state index in [2.05, 4.69) is 84.0 Å². The van der Waals surface area contributed by atoms with E-state index in [-0.39, 0.29) is 17.1 Å². The molecule has 3 rings (SSSR count). The fourth-order valence-electron chi connectivity index (χ4n) is 4.80. The Bertz CT molecular complexity index is 1250. The first-order valence-corrected chi connectivity index (χ1v) is 12.9. The minimum absolute atomic E-state index is 0.0747. The predicted molar refractivity (Wildman–Crippen MR) is 149 cm³/mol. The lowest BCUT2D eigenvalue weighted by Crippen LogP contribution is -2.14. The molecule has 0 saturated heterocycles. The highest BCUT2D eigenvalue weighted by Gasteiger charge is 2.20. The second-order valence-corrected chi connectivity index (χ2v) is 10.8. The molecule has 1 atom stereocenters. The van der Waals surface area contributed by atoms with Gasteiger partial charge in [0.1, 0.15) is 11.5 Å². The van der Waals surface area contributed by atoms with Crippen molar-refractivity contribution in [1.29, 1.82) is 0 Å². The van der Waals surface area contributed by atoms with Crippen molar-refractivity contribution >= 4 is 16.6 Å². The van der Waals surface area contributed by atoms with Crippen molar-refractivity contribution in [3.63, 3.8) is 0 Å². The van der Waals surface area contributed by atoms with Gasteiger partial charge in [0.25, 0.3) is 0 Å². The minimum Gasteiger partial charge on any atom is -0.501 e. The Morgan fingerprint density at radius 3 is 2.44 bits per heavy atom. The fraction of sp³-hybridized carbons (Fsp3) is 0.438. The first kappa shape index (κ1) is 27.4. The summed E-state index contributed by atoms with van der Waals surface area (Å²) in [6.07, 6.45) is 6.53. The molecule has 1 aromatic heterocycles. The summed E-state index contributed by atoms with van der Waals surface area (Å²) in [6.45, 7) is 12.7. The maximum atomic E-state index is 13.0. The largest absolute Gasteiger partial charge is 0.501 e. The number of carbonyl (C=O) groups excluding carboxylic acids is 1. The lowest BCUT2D eigenvalue weighted by Gasteiger charge is -2.23. The molecule has 0 aliphatic rings. The highest BCUT2D eigenvalue weighted by atomic mass is 16.5. The van der Waals surface area contributed by atoms with Crippen LogP contribution in [0.15, 0.2) is 54.4 Å².